The Labute approximate surface area is 166 Å². The maximum absolute atomic E-state index is 13.0. The van der Waals surface area contributed by atoms with Crippen LogP contribution in [0.25, 0.3) is 6.08 Å². The zero-order valence-electron chi connectivity index (χ0n) is 14.2. The van der Waals surface area contributed by atoms with Crippen molar-refractivity contribution in [3.8, 4) is 0 Å². The Morgan fingerprint density at radius 2 is 2.07 bits per heavy atom. The number of hydrogen-bond donors (Lipinski definition) is 1. The molecule has 0 saturated carbocycles. The molecule has 2 heterocycles. The Morgan fingerprint density at radius 3 is 2.70 bits per heavy atom. The van der Waals surface area contributed by atoms with Crippen LogP contribution in [-0.4, -0.2) is 53.5 Å². The van der Waals surface area contributed by atoms with Crippen molar-refractivity contribution < 1.29 is 22.4 Å². The maximum atomic E-state index is 13.0. The molecule has 2 saturated heterocycles. The molecule has 1 unspecified atom stereocenters. The highest BCUT2D eigenvalue weighted by Crippen LogP contribution is 2.32. The Morgan fingerprint density at radius 1 is 1.37 bits per heavy atom. The summed E-state index contributed by atoms with van der Waals surface area (Å²) in [6.45, 7) is 0.122. The Balaban J connectivity index is 1.56. The lowest BCUT2D eigenvalue weighted by Crippen LogP contribution is -2.38. The summed E-state index contributed by atoms with van der Waals surface area (Å²) in [5.74, 6) is -0.930. The van der Waals surface area contributed by atoms with E-state index in [4.69, 9.17) is 12.2 Å². The van der Waals surface area contributed by atoms with E-state index in [9.17, 15) is 22.4 Å². The summed E-state index contributed by atoms with van der Waals surface area (Å²) in [7, 11) is -3.06. The number of nitrogens with one attached hydrogen (secondary N) is 1. The summed E-state index contributed by atoms with van der Waals surface area (Å²) in [5, 5.41) is 2.69. The molecule has 2 aliphatic rings. The number of amides is 2. The van der Waals surface area contributed by atoms with Crippen molar-refractivity contribution in [2.24, 2.45) is 0 Å². The Kier molecular flexibility index (Phi) is 5.97. The molecule has 1 aromatic rings. The van der Waals surface area contributed by atoms with Crippen LogP contribution >= 0.6 is 24.0 Å². The van der Waals surface area contributed by atoms with E-state index in [2.05, 4.69) is 5.32 Å². The summed E-state index contributed by atoms with van der Waals surface area (Å²) < 4.78 is 36.2. The third kappa shape index (κ3) is 5.14. The molecule has 2 amide bonds. The minimum absolute atomic E-state index is 0.0345. The lowest BCUT2D eigenvalue weighted by molar-refractivity contribution is -0.124. The fraction of sp³-hybridized carbons (Fsp3) is 0.353. The van der Waals surface area contributed by atoms with Gasteiger partial charge >= 0.3 is 0 Å². The van der Waals surface area contributed by atoms with Gasteiger partial charge in [-0.25, -0.2) is 12.8 Å². The summed E-state index contributed by atoms with van der Waals surface area (Å²) >= 11 is 6.34. The second-order valence-corrected chi connectivity index (χ2v) is 10.2. The molecule has 0 bridgehead atoms. The number of benzene rings is 1. The molecule has 10 heteroatoms. The standard InChI is InChI=1S/C17H17FN2O4S3/c18-12-3-1-11(2-4-12)9-14-16(22)20(17(25)26-14)7-5-15(21)19-13-6-8-27(23,24)10-13/h1-4,9,13H,5-8,10H2,(H,19,21)/b14-9+. The largest absolute Gasteiger partial charge is 0.352 e. The predicted molar refractivity (Wildman–Crippen MR) is 106 cm³/mol. The second kappa shape index (κ2) is 8.07. The number of rotatable bonds is 5. The van der Waals surface area contributed by atoms with Gasteiger partial charge in [0.05, 0.1) is 16.4 Å². The van der Waals surface area contributed by atoms with Crippen molar-refractivity contribution in [2.45, 2.75) is 18.9 Å². The number of sulfone groups is 1. The van der Waals surface area contributed by atoms with Gasteiger partial charge in [0, 0.05) is 19.0 Å². The summed E-state index contributed by atoms with van der Waals surface area (Å²) in [5.41, 5.74) is 0.678. The molecular formula is C17H17FN2O4S3. The first kappa shape index (κ1) is 20.0. The zero-order chi connectivity index (χ0) is 19.6. The number of thioether (sulfide) groups is 1. The number of carbonyl (C=O) groups excluding carboxylic acids is 2. The lowest BCUT2D eigenvalue weighted by atomic mass is 10.2. The Hall–Kier alpha value is -1.78. The molecule has 144 valence electrons. The van der Waals surface area contributed by atoms with Gasteiger partial charge in [0.2, 0.25) is 5.91 Å². The third-order valence-corrected chi connectivity index (χ3v) is 7.35. The zero-order valence-corrected chi connectivity index (χ0v) is 16.6. The van der Waals surface area contributed by atoms with Crippen molar-refractivity contribution in [1.82, 2.24) is 10.2 Å². The average molecular weight is 429 g/mol. The van der Waals surface area contributed by atoms with Gasteiger partial charge in [-0.1, -0.05) is 36.1 Å². The molecule has 0 radical (unpaired) electrons. The van der Waals surface area contributed by atoms with Gasteiger partial charge in [-0.2, -0.15) is 0 Å². The quantitative estimate of drug-likeness (QED) is 0.568. The van der Waals surface area contributed by atoms with Crippen molar-refractivity contribution in [2.75, 3.05) is 18.1 Å². The smallest absolute Gasteiger partial charge is 0.266 e. The van der Waals surface area contributed by atoms with Crippen LogP contribution in [0.3, 0.4) is 0 Å². The maximum Gasteiger partial charge on any atom is 0.266 e. The molecule has 1 aromatic carbocycles. The van der Waals surface area contributed by atoms with Gasteiger partial charge in [-0.3, -0.25) is 14.5 Å². The summed E-state index contributed by atoms with van der Waals surface area (Å²) in [4.78, 5) is 26.3. The second-order valence-electron chi connectivity index (χ2n) is 6.30. The van der Waals surface area contributed by atoms with Gasteiger partial charge in [0.1, 0.15) is 10.1 Å². The van der Waals surface area contributed by atoms with Crippen molar-refractivity contribution in [1.29, 1.82) is 0 Å². The number of carbonyl (C=O) groups is 2. The topological polar surface area (TPSA) is 83.6 Å². The van der Waals surface area contributed by atoms with E-state index >= 15 is 0 Å². The molecule has 1 atom stereocenters. The molecule has 0 aliphatic carbocycles. The molecular weight excluding hydrogens is 411 g/mol. The number of thiocarbonyl (C=S) groups is 1. The van der Waals surface area contributed by atoms with Crippen molar-refractivity contribution in [3.63, 3.8) is 0 Å². The van der Waals surface area contributed by atoms with Crippen LogP contribution in [0, 0.1) is 5.82 Å². The van der Waals surface area contributed by atoms with E-state index in [1.165, 1.54) is 17.0 Å². The first-order valence-corrected chi connectivity index (χ1v) is 11.3. The average Bonchev–Trinajstić information content (AvgIpc) is 3.07. The highest BCUT2D eigenvalue weighted by atomic mass is 32.2. The summed E-state index contributed by atoms with van der Waals surface area (Å²) in [6, 6.07) is 5.36. The predicted octanol–water partition coefficient (Wildman–Crippen LogP) is 1.72. The van der Waals surface area contributed by atoms with Crippen molar-refractivity contribution in [3.05, 3.63) is 40.6 Å². The molecule has 27 heavy (non-hydrogen) atoms. The molecule has 1 N–H and O–H groups in total. The van der Waals surface area contributed by atoms with Crippen LogP contribution < -0.4 is 5.32 Å². The van der Waals surface area contributed by atoms with Gasteiger partial charge in [-0.05, 0) is 30.2 Å². The highest BCUT2D eigenvalue weighted by molar-refractivity contribution is 8.26. The van der Waals surface area contributed by atoms with Crippen LogP contribution in [0.2, 0.25) is 0 Å². The number of hydrogen-bond acceptors (Lipinski definition) is 6. The first-order chi connectivity index (χ1) is 12.7. The SMILES string of the molecule is O=C(CCN1C(=O)/C(=C\c2ccc(F)cc2)SC1=S)NC1CCS(=O)(=O)C1. The van der Waals surface area contributed by atoms with Crippen LogP contribution in [-0.2, 0) is 19.4 Å². The van der Waals surface area contributed by atoms with E-state index in [0.717, 1.165) is 11.8 Å². The fourth-order valence-electron chi connectivity index (χ4n) is 2.83. The van der Waals surface area contributed by atoms with Gasteiger partial charge in [0.15, 0.2) is 9.84 Å². The lowest BCUT2D eigenvalue weighted by Gasteiger charge is -2.15. The Bertz CT molecular complexity index is 913. The van der Waals surface area contributed by atoms with E-state index < -0.39 is 9.84 Å². The molecule has 3 rings (SSSR count). The van der Waals surface area contributed by atoms with E-state index in [0.29, 0.717) is 21.2 Å². The van der Waals surface area contributed by atoms with Crippen LogP contribution in [0.4, 0.5) is 4.39 Å². The molecule has 6 nitrogen and oxygen atoms in total. The molecule has 2 aliphatic heterocycles. The van der Waals surface area contributed by atoms with Crippen molar-refractivity contribution >= 4 is 56.0 Å². The van der Waals surface area contributed by atoms with Crippen LogP contribution in [0.15, 0.2) is 29.2 Å². The number of nitrogens with zero attached hydrogens (tertiary/aromatic N) is 1. The minimum Gasteiger partial charge on any atom is -0.352 e. The number of halogens is 1. The summed E-state index contributed by atoms with van der Waals surface area (Å²) in [6.07, 6.45) is 2.07. The van der Waals surface area contributed by atoms with Crippen LogP contribution in [0.1, 0.15) is 18.4 Å². The van der Waals surface area contributed by atoms with Crippen LogP contribution in [0.5, 0.6) is 0 Å². The fourth-order valence-corrected chi connectivity index (χ4v) is 5.81. The van der Waals surface area contributed by atoms with E-state index in [1.807, 2.05) is 0 Å². The molecule has 0 spiro atoms. The minimum atomic E-state index is -3.06. The van der Waals surface area contributed by atoms with E-state index in [-0.39, 0.29) is 48.1 Å². The van der Waals surface area contributed by atoms with E-state index in [1.54, 1.807) is 18.2 Å². The highest BCUT2D eigenvalue weighted by Gasteiger charge is 2.33. The monoisotopic (exact) mass is 428 g/mol. The molecule has 2 fully saturated rings. The normalized spacial score (nSPS) is 23.2. The third-order valence-electron chi connectivity index (χ3n) is 4.20. The molecule has 0 aromatic heterocycles. The first-order valence-electron chi connectivity index (χ1n) is 8.24. The van der Waals surface area contributed by atoms with Gasteiger partial charge in [0.25, 0.3) is 5.91 Å². The van der Waals surface area contributed by atoms with Gasteiger partial charge < -0.3 is 5.32 Å². The van der Waals surface area contributed by atoms with Gasteiger partial charge in [-0.15, -0.1) is 0 Å².